The van der Waals surface area contributed by atoms with Gasteiger partial charge in [-0.3, -0.25) is 4.98 Å². The van der Waals surface area contributed by atoms with E-state index in [-0.39, 0.29) is 11.3 Å². The number of benzene rings is 1. The summed E-state index contributed by atoms with van der Waals surface area (Å²) in [5, 5.41) is 9.93. The average Bonchev–Trinajstić information content (AvgIpc) is 2.43. The molecule has 1 aromatic carbocycles. The first-order valence-corrected chi connectivity index (χ1v) is 6.04. The maximum Gasteiger partial charge on any atom is 0.340 e. The molecule has 0 unspecified atom stereocenters. The third-order valence-corrected chi connectivity index (χ3v) is 2.89. The van der Waals surface area contributed by atoms with Crippen molar-refractivity contribution in [3.05, 3.63) is 48.2 Å². The molecule has 19 heavy (non-hydrogen) atoms. The highest BCUT2D eigenvalue weighted by atomic mass is 16.5. The van der Waals surface area contributed by atoms with Gasteiger partial charge in [0.05, 0.1) is 11.7 Å². The third kappa shape index (κ3) is 2.73. The van der Waals surface area contributed by atoms with Crippen LogP contribution in [0.5, 0.6) is 5.75 Å². The number of carboxylic acid groups (broad SMARTS) is 1. The quantitative estimate of drug-likeness (QED) is 0.835. The van der Waals surface area contributed by atoms with Crippen LogP contribution in [0.3, 0.4) is 0 Å². The van der Waals surface area contributed by atoms with Crippen LogP contribution >= 0.6 is 0 Å². The molecular weight excluding hydrogens is 242 g/mol. The highest BCUT2D eigenvalue weighted by molar-refractivity contribution is 6.04. The van der Waals surface area contributed by atoms with Crippen molar-refractivity contribution in [2.75, 3.05) is 6.61 Å². The molecule has 0 saturated carbocycles. The monoisotopic (exact) mass is 257 g/mol. The van der Waals surface area contributed by atoms with E-state index in [0.29, 0.717) is 17.5 Å². The molecule has 0 radical (unpaired) electrons. The van der Waals surface area contributed by atoms with Gasteiger partial charge in [0.25, 0.3) is 0 Å². The molecule has 4 nitrogen and oxygen atoms in total. The van der Waals surface area contributed by atoms with Crippen LogP contribution in [-0.4, -0.2) is 22.7 Å². The van der Waals surface area contributed by atoms with Crippen LogP contribution in [0.25, 0.3) is 10.9 Å². The van der Waals surface area contributed by atoms with Gasteiger partial charge in [-0.25, -0.2) is 4.79 Å². The van der Waals surface area contributed by atoms with E-state index < -0.39 is 5.97 Å². The van der Waals surface area contributed by atoms with Gasteiger partial charge in [0.1, 0.15) is 12.2 Å². The van der Waals surface area contributed by atoms with Gasteiger partial charge >= 0.3 is 5.97 Å². The van der Waals surface area contributed by atoms with Gasteiger partial charge in [-0.1, -0.05) is 31.7 Å². The Morgan fingerprint density at radius 3 is 2.84 bits per heavy atom. The van der Waals surface area contributed by atoms with E-state index in [2.05, 4.69) is 11.6 Å². The summed E-state index contributed by atoms with van der Waals surface area (Å²) < 4.78 is 5.52. The van der Waals surface area contributed by atoms with Gasteiger partial charge in [-0.15, -0.1) is 0 Å². The maximum absolute atomic E-state index is 11.4. The molecule has 0 aliphatic heterocycles. The van der Waals surface area contributed by atoms with Crippen molar-refractivity contribution in [1.82, 2.24) is 4.98 Å². The summed E-state index contributed by atoms with van der Waals surface area (Å²) in [5.74, 6) is -0.739. The average molecular weight is 257 g/mol. The number of ether oxygens (including phenoxy) is 1. The first-order valence-electron chi connectivity index (χ1n) is 6.04. The maximum atomic E-state index is 11.4. The zero-order valence-electron chi connectivity index (χ0n) is 10.7. The summed E-state index contributed by atoms with van der Waals surface area (Å²) in [7, 11) is 0. The Bertz CT molecular complexity index is 634. The zero-order valence-corrected chi connectivity index (χ0v) is 10.7. The van der Waals surface area contributed by atoms with Gasteiger partial charge in [-0.05, 0) is 18.1 Å². The van der Waals surface area contributed by atoms with E-state index in [9.17, 15) is 9.90 Å². The number of hydrogen-bond acceptors (Lipinski definition) is 3. The van der Waals surface area contributed by atoms with Crippen molar-refractivity contribution in [1.29, 1.82) is 0 Å². The Morgan fingerprint density at radius 2 is 2.16 bits per heavy atom. The van der Waals surface area contributed by atoms with Crippen molar-refractivity contribution in [2.45, 2.75) is 13.3 Å². The third-order valence-electron chi connectivity index (χ3n) is 2.89. The molecule has 0 saturated heterocycles. The number of aromatic nitrogens is 1. The number of hydrogen-bond donors (Lipinski definition) is 1. The number of carbonyl (C=O) groups is 1. The predicted molar refractivity (Wildman–Crippen MR) is 73.6 cm³/mol. The molecule has 0 aliphatic carbocycles. The van der Waals surface area contributed by atoms with Gasteiger partial charge in [0.2, 0.25) is 0 Å². The minimum Gasteiger partial charge on any atom is -0.487 e. The second kappa shape index (κ2) is 5.52. The Morgan fingerprint density at radius 1 is 1.42 bits per heavy atom. The number of aromatic carboxylic acids is 1. The first-order chi connectivity index (χ1) is 9.13. The number of nitrogens with zero attached hydrogens (tertiary/aromatic N) is 1. The lowest BCUT2D eigenvalue weighted by atomic mass is 10.1. The van der Waals surface area contributed by atoms with E-state index in [4.69, 9.17) is 4.74 Å². The van der Waals surface area contributed by atoms with E-state index >= 15 is 0 Å². The Kier molecular flexibility index (Phi) is 3.80. The largest absolute Gasteiger partial charge is 0.487 e. The molecule has 2 aromatic rings. The van der Waals surface area contributed by atoms with E-state index in [1.165, 1.54) is 6.20 Å². The first kappa shape index (κ1) is 13.1. The van der Waals surface area contributed by atoms with Crippen molar-refractivity contribution in [2.24, 2.45) is 0 Å². The summed E-state index contributed by atoms with van der Waals surface area (Å²) in [6.45, 7) is 6.11. The summed E-state index contributed by atoms with van der Waals surface area (Å²) >= 11 is 0. The van der Waals surface area contributed by atoms with Crippen LogP contribution in [0.4, 0.5) is 0 Å². The second-order valence-electron chi connectivity index (χ2n) is 4.21. The van der Waals surface area contributed by atoms with Gasteiger partial charge in [-0.2, -0.15) is 0 Å². The number of carboxylic acids is 1. The van der Waals surface area contributed by atoms with Gasteiger partial charge in [0.15, 0.2) is 5.75 Å². The smallest absolute Gasteiger partial charge is 0.340 e. The zero-order chi connectivity index (χ0) is 13.8. The molecule has 98 valence electrons. The van der Waals surface area contributed by atoms with Crippen LogP contribution in [0.15, 0.2) is 42.6 Å². The highest BCUT2D eigenvalue weighted by Crippen LogP contribution is 2.26. The van der Waals surface area contributed by atoms with Crippen LogP contribution < -0.4 is 4.74 Å². The number of rotatable bonds is 5. The topological polar surface area (TPSA) is 59.4 Å². The predicted octanol–water partition coefficient (Wildman–Crippen LogP) is 3.28. The van der Waals surface area contributed by atoms with Gasteiger partial charge in [0, 0.05) is 5.39 Å². The van der Waals surface area contributed by atoms with E-state index in [0.717, 1.165) is 12.0 Å². The Balaban J connectivity index is 2.46. The van der Waals surface area contributed by atoms with Crippen LogP contribution in [-0.2, 0) is 0 Å². The van der Waals surface area contributed by atoms with Crippen molar-refractivity contribution >= 4 is 16.9 Å². The van der Waals surface area contributed by atoms with Crippen molar-refractivity contribution < 1.29 is 14.6 Å². The molecule has 2 rings (SSSR count). The molecule has 0 aliphatic rings. The van der Waals surface area contributed by atoms with Crippen LogP contribution in [0, 0.1) is 0 Å². The Labute approximate surface area is 111 Å². The molecular formula is C15H15NO3. The Hall–Kier alpha value is -2.36. The number of fused-ring (bicyclic) bond motifs is 1. The second-order valence-corrected chi connectivity index (χ2v) is 4.21. The van der Waals surface area contributed by atoms with Crippen molar-refractivity contribution in [3.63, 3.8) is 0 Å². The fourth-order valence-corrected chi connectivity index (χ4v) is 1.73. The van der Waals surface area contributed by atoms with Gasteiger partial charge < -0.3 is 9.84 Å². The van der Waals surface area contributed by atoms with Crippen molar-refractivity contribution in [3.8, 4) is 5.75 Å². The molecule has 0 atom stereocenters. The minimum absolute atomic E-state index is 0.148. The van der Waals surface area contributed by atoms with Crippen LogP contribution in [0.2, 0.25) is 0 Å². The summed E-state index contributed by atoms with van der Waals surface area (Å²) in [5.41, 5.74) is 1.69. The lowest BCUT2D eigenvalue weighted by Crippen LogP contribution is -2.07. The fraction of sp³-hybridized carbons (Fsp3) is 0.200. The summed E-state index contributed by atoms with van der Waals surface area (Å²) in [6, 6.07) is 7.11. The molecule has 0 fully saturated rings. The molecule has 0 spiro atoms. The standard InChI is InChI=1S/C15H15NO3/c1-3-10(2)9-19-13-8-16-12-7-5-4-6-11(12)14(13)15(17)18/h4-8H,2-3,9H2,1H3,(H,17,18). The normalized spacial score (nSPS) is 10.4. The van der Waals surface area contributed by atoms with E-state index in [1.54, 1.807) is 18.2 Å². The van der Waals surface area contributed by atoms with Crippen LogP contribution in [0.1, 0.15) is 23.7 Å². The number of para-hydroxylation sites is 1. The summed E-state index contributed by atoms with van der Waals surface area (Å²) in [6.07, 6.45) is 2.25. The molecule has 1 aromatic heterocycles. The molecule has 0 bridgehead atoms. The molecule has 4 heteroatoms. The molecule has 1 N–H and O–H groups in total. The SMILES string of the molecule is C=C(CC)COc1cnc2ccccc2c1C(=O)O. The number of pyridine rings is 1. The van der Waals surface area contributed by atoms with E-state index in [1.807, 2.05) is 13.0 Å². The lowest BCUT2D eigenvalue weighted by Gasteiger charge is -2.11. The lowest BCUT2D eigenvalue weighted by molar-refractivity contribution is 0.0695. The summed E-state index contributed by atoms with van der Waals surface area (Å²) in [4.78, 5) is 15.6. The molecule has 0 amide bonds. The molecule has 1 heterocycles. The minimum atomic E-state index is -1.02. The highest BCUT2D eigenvalue weighted by Gasteiger charge is 2.16. The fourth-order valence-electron chi connectivity index (χ4n) is 1.73.